The molecule has 0 N–H and O–H groups in total. The SMILES string of the molecule is Cc1ccc(C(=O)C2C(c3ccc(Cl)cc3)C3(C(=O)c4ccccc4C3=O)C3C=Cc4ccccc4N23)cc1. The highest BCUT2D eigenvalue weighted by Gasteiger charge is 2.71. The fraction of sp³-hybridized carbons (Fsp3) is 0.147. The van der Waals surface area contributed by atoms with Crippen LogP contribution in [0.3, 0.4) is 0 Å². The zero-order valence-corrected chi connectivity index (χ0v) is 21.9. The summed E-state index contributed by atoms with van der Waals surface area (Å²) >= 11 is 6.28. The number of halogens is 1. The Morgan fingerprint density at radius 1 is 0.795 bits per heavy atom. The molecule has 2 heterocycles. The molecule has 0 bridgehead atoms. The predicted molar refractivity (Wildman–Crippen MR) is 153 cm³/mol. The van der Waals surface area contributed by atoms with Crippen molar-refractivity contribution < 1.29 is 14.4 Å². The van der Waals surface area contributed by atoms with E-state index in [2.05, 4.69) is 0 Å². The Kier molecular flexibility index (Phi) is 5.26. The number of nitrogens with zero attached hydrogens (tertiary/aromatic N) is 1. The summed E-state index contributed by atoms with van der Waals surface area (Å²) in [6, 6.07) is 28.1. The Bertz CT molecular complexity index is 1670. The first-order valence-electron chi connectivity index (χ1n) is 13.0. The second-order valence-corrected chi connectivity index (χ2v) is 11.0. The minimum Gasteiger partial charge on any atom is -0.352 e. The van der Waals surface area contributed by atoms with E-state index in [-0.39, 0.29) is 17.3 Å². The second-order valence-electron chi connectivity index (χ2n) is 10.5. The van der Waals surface area contributed by atoms with Crippen LogP contribution in [0.5, 0.6) is 0 Å². The van der Waals surface area contributed by atoms with Crippen molar-refractivity contribution in [1.82, 2.24) is 0 Å². The third-order valence-electron chi connectivity index (χ3n) is 8.55. The highest BCUT2D eigenvalue weighted by atomic mass is 35.5. The van der Waals surface area contributed by atoms with Gasteiger partial charge in [0.25, 0.3) is 0 Å². The third-order valence-corrected chi connectivity index (χ3v) is 8.80. The number of fused-ring (bicyclic) bond motifs is 5. The summed E-state index contributed by atoms with van der Waals surface area (Å²) in [5.41, 5.74) is 3.42. The second kappa shape index (κ2) is 8.62. The van der Waals surface area contributed by atoms with Gasteiger partial charge in [-0.2, -0.15) is 0 Å². The van der Waals surface area contributed by atoms with Crippen molar-refractivity contribution in [2.24, 2.45) is 5.41 Å². The van der Waals surface area contributed by atoms with Gasteiger partial charge in [-0.05, 0) is 36.2 Å². The smallest absolute Gasteiger partial charge is 0.185 e. The number of Topliss-reactive ketones (excluding diaryl/α,β-unsaturated/α-hetero) is 3. The van der Waals surface area contributed by atoms with Crippen LogP contribution in [0.4, 0.5) is 5.69 Å². The van der Waals surface area contributed by atoms with Gasteiger partial charge >= 0.3 is 0 Å². The van der Waals surface area contributed by atoms with Gasteiger partial charge in [-0.15, -0.1) is 0 Å². The molecule has 1 aliphatic carbocycles. The zero-order chi connectivity index (χ0) is 26.9. The van der Waals surface area contributed by atoms with Crippen molar-refractivity contribution in [2.75, 3.05) is 4.90 Å². The number of hydrogen-bond donors (Lipinski definition) is 0. The van der Waals surface area contributed by atoms with Gasteiger partial charge in [0, 0.05) is 33.3 Å². The van der Waals surface area contributed by atoms with Crippen molar-refractivity contribution >= 4 is 40.7 Å². The molecule has 7 rings (SSSR count). The maximum absolute atomic E-state index is 14.6. The first-order chi connectivity index (χ1) is 18.9. The summed E-state index contributed by atoms with van der Waals surface area (Å²) in [7, 11) is 0. The van der Waals surface area contributed by atoms with Gasteiger partial charge in [0.1, 0.15) is 11.5 Å². The van der Waals surface area contributed by atoms with Crippen LogP contribution in [-0.4, -0.2) is 29.4 Å². The number of aryl methyl sites for hydroxylation is 1. The average Bonchev–Trinajstić information content (AvgIpc) is 3.40. The van der Waals surface area contributed by atoms with Crippen LogP contribution < -0.4 is 4.90 Å². The van der Waals surface area contributed by atoms with Gasteiger partial charge in [-0.25, -0.2) is 0 Å². The van der Waals surface area contributed by atoms with E-state index >= 15 is 0 Å². The van der Waals surface area contributed by atoms with Crippen molar-refractivity contribution in [3.63, 3.8) is 0 Å². The van der Waals surface area contributed by atoms with Gasteiger partial charge in [-0.1, -0.05) is 108 Å². The van der Waals surface area contributed by atoms with E-state index in [1.165, 1.54) is 0 Å². The van der Waals surface area contributed by atoms with Crippen molar-refractivity contribution in [3.8, 4) is 0 Å². The Hall–Kier alpha value is -4.28. The molecule has 1 spiro atoms. The molecule has 0 saturated carbocycles. The predicted octanol–water partition coefficient (Wildman–Crippen LogP) is 6.96. The molecule has 4 nitrogen and oxygen atoms in total. The van der Waals surface area contributed by atoms with E-state index in [4.69, 9.17) is 11.6 Å². The van der Waals surface area contributed by atoms with Crippen molar-refractivity contribution in [2.45, 2.75) is 24.9 Å². The lowest BCUT2D eigenvalue weighted by molar-refractivity contribution is 0.0666. The van der Waals surface area contributed by atoms with Crippen LogP contribution in [0, 0.1) is 12.3 Å². The maximum atomic E-state index is 14.6. The molecule has 0 amide bonds. The summed E-state index contributed by atoms with van der Waals surface area (Å²) in [5, 5.41) is 0.544. The van der Waals surface area contributed by atoms with Crippen molar-refractivity contribution in [3.05, 3.63) is 142 Å². The van der Waals surface area contributed by atoms with Gasteiger partial charge in [-0.3, -0.25) is 14.4 Å². The molecular weight excluding hydrogens is 506 g/mol. The van der Waals surface area contributed by atoms with E-state index in [0.29, 0.717) is 21.7 Å². The highest BCUT2D eigenvalue weighted by Crippen LogP contribution is 2.61. The lowest BCUT2D eigenvalue weighted by Gasteiger charge is -2.37. The molecule has 190 valence electrons. The highest BCUT2D eigenvalue weighted by molar-refractivity contribution is 6.32. The molecule has 0 aromatic heterocycles. The number of carbonyl (C=O) groups is 3. The molecule has 3 unspecified atom stereocenters. The van der Waals surface area contributed by atoms with Crippen molar-refractivity contribution in [1.29, 1.82) is 0 Å². The molecule has 39 heavy (non-hydrogen) atoms. The standard InChI is InChI=1S/C34H24ClNO3/c1-20-10-12-23(13-11-20)31(37)30-29(22-14-17-24(35)18-15-22)34(32(38)25-7-3-4-8-26(25)33(34)39)28-19-16-21-6-2-5-9-27(21)36(28)30/h2-19,28-30H,1H3. The molecule has 4 aromatic rings. The van der Waals surface area contributed by atoms with Crippen LogP contribution in [-0.2, 0) is 0 Å². The summed E-state index contributed by atoms with van der Waals surface area (Å²) in [4.78, 5) is 45.8. The van der Waals surface area contributed by atoms with Gasteiger partial charge in [0.05, 0.1) is 6.04 Å². The summed E-state index contributed by atoms with van der Waals surface area (Å²) in [6.45, 7) is 1.98. The topological polar surface area (TPSA) is 54.5 Å². The van der Waals surface area contributed by atoms with E-state index < -0.39 is 23.4 Å². The maximum Gasteiger partial charge on any atom is 0.185 e. The summed E-state index contributed by atoms with van der Waals surface area (Å²) in [5.74, 6) is -1.34. The van der Waals surface area contributed by atoms with Gasteiger partial charge < -0.3 is 4.90 Å². The Morgan fingerprint density at radius 3 is 2.08 bits per heavy atom. The molecule has 3 aliphatic rings. The van der Waals surface area contributed by atoms with Gasteiger partial charge in [0.15, 0.2) is 17.3 Å². The lowest BCUT2D eigenvalue weighted by Crippen LogP contribution is -2.48. The number of anilines is 1. The minimum absolute atomic E-state index is 0.126. The van der Waals surface area contributed by atoms with Crippen LogP contribution in [0.15, 0.2) is 103 Å². The number of para-hydroxylation sites is 1. The average molecular weight is 530 g/mol. The quantitative estimate of drug-likeness (QED) is 0.212. The first kappa shape index (κ1) is 23.8. The fourth-order valence-electron chi connectivity index (χ4n) is 6.85. The van der Waals surface area contributed by atoms with Crippen LogP contribution in [0.2, 0.25) is 5.02 Å². The van der Waals surface area contributed by atoms with Crippen LogP contribution in [0.25, 0.3) is 6.08 Å². The van der Waals surface area contributed by atoms with E-state index in [0.717, 1.165) is 22.4 Å². The normalized spacial score (nSPS) is 22.1. The number of benzene rings is 4. The number of hydrogen-bond acceptors (Lipinski definition) is 4. The summed E-state index contributed by atoms with van der Waals surface area (Å²) < 4.78 is 0. The lowest BCUT2D eigenvalue weighted by atomic mass is 9.64. The Labute approximate surface area is 231 Å². The molecule has 0 radical (unpaired) electrons. The Balaban J connectivity index is 1.54. The van der Waals surface area contributed by atoms with E-state index in [9.17, 15) is 14.4 Å². The monoisotopic (exact) mass is 529 g/mol. The number of ketones is 3. The van der Waals surface area contributed by atoms with Crippen LogP contribution in [0.1, 0.15) is 53.7 Å². The fourth-order valence-corrected chi connectivity index (χ4v) is 6.98. The van der Waals surface area contributed by atoms with E-state index in [1.54, 1.807) is 36.4 Å². The Morgan fingerprint density at radius 2 is 1.41 bits per heavy atom. The number of carbonyl (C=O) groups excluding carboxylic acids is 3. The number of rotatable bonds is 3. The van der Waals surface area contributed by atoms with E-state index in [1.807, 2.05) is 84.6 Å². The molecule has 1 saturated heterocycles. The molecule has 5 heteroatoms. The minimum atomic E-state index is -1.51. The molecule has 3 atom stereocenters. The molecular formula is C34H24ClNO3. The summed E-state index contributed by atoms with van der Waals surface area (Å²) in [6.07, 6.45) is 3.91. The largest absolute Gasteiger partial charge is 0.352 e. The molecule has 2 aliphatic heterocycles. The first-order valence-corrected chi connectivity index (χ1v) is 13.4. The molecule has 1 fully saturated rings. The van der Waals surface area contributed by atoms with Gasteiger partial charge in [0.2, 0.25) is 0 Å². The zero-order valence-electron chi connectivity index (χ0n) is 21.2. The third kappa shape index (κ3) is 3.22. The van der Waals surface area contributed by atoms with Crippen LogP contribution >= 0.6 is 11.6 Å². The molecule has 4 aromatic carbocycles.